The predicted molar refractivity (Wildman–Crippen MR) is 179 cm³/mol. The molecule has 0 saturated heterocycles. The van der Waals surface area contributed by atoms with Crippen LogP contribution in [0.15, 0.2) is 63.4 Å². The Morgan fingerprint density at radius 2 is 1.52 bits per heavy atom. The highest BCUT2D eigenvalue weighted by Crippen LogP contribution is 2.55. The van der Waals surface area contributed by atoms with E-state index < -0.39 is 10.8 Å². The summed E-state index contributed by atoms with van der Waals surface area (Å²) >= 11 is 3.71. The second kappa shape index (κ2) is 13.3. The van der Waals surface area contributed by atoms with Crippen LogP contribution in [0.2, 0.25) is 0 Å². The SMILES string of the molecule is CCOc1cc(C2C3=C(CC(C)(C)CC3=O)N(CCCOC)C3=C2C(=O)CC(C)(C)C3)cc(Br)c1OCc1ccc([N+](=O)[O-])cc1. The second-order valence-corrected chi connectivity index (χ2v) is 14.9. The Morgan fingerprint density at radius 1 is 0.935 bits per heavy atom. The minimum absolute atomic E-state index is 0.0117. The van der Waals surface area contributed by atoms with E-state index in [1.807, 2.05) is 19.1 Å². The predicted octanol–water partition coefficient (Wildman–Crippen LogP) is 8.06. The zero-order valence-corrected chi connectivity index (χ0v) is 29.1. The molecule has 0 saturated carbocycles. The average molecular weight is 696 g/mol. The van der Waals surface area contributed by atoms with E-state index >= 15 is 0 Å². The highest BCUT2D eigenvalue weighted by molar-refractivity contribution is 9.10. The van der Waals surface area contributed by atoms with Gasteiger partial charge in [0.25, 0.3) is 5.69 Å². The third-order valence-corrected chi connectivity index (χ3v) is 9.54. The summed E-state index contributed by atoms with van der Waals surface area (Å²) in [5.41, 5.74) is 4.60. The largest absolute Gasteiger partial charge is 0.490 e. The number of hydrogen-bond acceptors (Lipinski definition) is 8. The van der Waals surface area contributed by atoms with Crippen molar-refractivity contribution in [1.29, 1.82) is 0 Å². The summed E-state index contributed by atoms with van der Waals surface area (Å²) in [5, 5.41) is 11.1. The number of rotatable bonds is 11. The topological polar surface area (TPSA) is 108 Å². The number of hydrogen-bond donors (Lipinski definition) is 0. The number of methoxy groups -OCH3 is 1. The van der Waals surface area contributed by atoms with Gasteiger partial charge in [0.1, 0.15) is 6.61 Å². The van der Waals surface area contributed by atoms with Gasteiger partial charge in [-0.2, -0.15) is 0 Å². The van der Waals surface area contributed by atoms with E-state index in [0.717, 1.165) is 41.8 Å². The van der Waals surface area contributed by atoms with Crippen molar-refractivity contribution in [2.75, 3.05) is 26.9 Å². The lowest BCUT2D eigenvalue weighted by Gasteiger charge is -2.49. The number of ketones is 2. The minimum atomic E-state index is -0.518. The lowest BCUT2D eigenvalue weighted by molar-refractivity contribution is -0.384. The number of ether oxygens (including phenoxy) is 3. The van der Waals surface area contributed by atoms with Gasteiger partial charge in [0.2, 0.25) is 0 Å². The summed E-state index contributed by atoms with van der Waals surface area (Å²) in [6.07, 6.45) is 3.06. The summed E-state index contributed by atoms with van der Waals surface area (Å²) in [6, 6.07) is 10.1. The number of carbonyl (C=O) groups excluding carboxylic acids is 2. The number of nitro groups is 1. The van der Waals surface area contributed by atoms with Crippen molar-refractivity contribution in [3.8, 4) is 11.5 Å². The van der Waals surface area contributed by atoms with E-state index in [0.29, 0.717) is 59.7 Å². The highest BCUT2D eigenvalue weighted by Gasteiger charge is 2.49. The first-order valence-electron chi connectivity index (χ1n) is 15.9. The number of nitro benzene ring substituents is 1. The van der Waals surface area contributed by atoms with Crippen molar-refractivity contribution in [3.63, 3.8) is 0 Å². The third kappa shape index (κ3) is 6.93. The number of benzene rings is 2. The molecule has 0 unspecified atom stereocenters. The fourth-order valence-electron chi connectivity index (χ4n) is 7.05. The quantitative estimate of drug-likeness (QED) is 0.132. The van der Waals surface area contributed by atoms with E-state index in [9.17, 15) is 19.7 Å². The maximum absolute atomic E-state index is 14.1. The molecule has 0 spiro atoms. The van der Waals surface area contributed by atoms with Gasteiger partial charge in [-0.05, 0) is 88.3 Å². The second-order valence-electron chi connectivity index (χ2n) is 14.0. The number of non-ortho nitro benzene ring substituents is 1. The summed E-state index contributed by atoms with van der Waals surface area (Å²) in [6.45, 7) is 12.2. The smallest absolute Gasteiger partial charge is 0.269 e. The van der Waals surface area contributed by atoms with Crippen LogP contribution >= 0.6 is 15.9 Å². The minimum Gasteiger partial charge on any atom is -0.490 e. The molecule has 0 N–H and O–H groups in total. The van der Waals surface area contributed by atoms with Gasteiger partial charge < -0.3 is 19.1 Å². The normalized spacial score (nSPS) is 19.2. The fourth-order valence-corrected chi connectivity index (χ4v) is 7.62. The molecule has 1 aliphatic heterocycles. The lowest BCUT2D eigenvalue weighted by atomic mass is 9.63. The Bertz CT molecular complexity index is 1550. The monoisotopic (exact) mass is 694 g/mol. The molecular weight excluding hydrogens is 652 g/mol. The Morgan fingerprint density at radius 3 is 2.04 bits per heavy atom. The van der Waals surface area contributed by atoms with Gasteiger partial charge in [0.05, 0.1) is 16.0 Å². The van der Waals surface area contributed by atoms with Crippen LogP contribution in [-0.4, -0.2) is 48.3 Å². The number of halogens is 1. The number of Topliss-reactive ketones (excluding diaryl/α,β-unsaturated/α-hetero) is 2. The number of nitrogens with zero attached hydrogens (tertiary/aromatic N) is 2. The summed E-state index contributed by atoms with van der Waals surface area (Å²) < 4.78 is 18.3. The number of carbonyl (C=O) groups is 2. The van der Waals surface area contributed by atoms with Crippen LogP contribution in [0.3, 0.4) is 0 Å². The molecule has 46 heavy (non-hydrogen) atoms. The third-order valence-electron chi connectivity index (χ3n) is 8.95. The molecule has 2 aliphatic carbocycles. The van der Waals surface area contributed by atoms with Crippen molar-refractivity contribution in [1.82, 2.24) is 4.90 Å². The van der Waals surface area contributed by atoms with Crippen LogP contribution in [0.1, 0.15) is 83.8 Å². The van der Waals surface area contributed by atoms with Crippen LogP contribution in [0.4, 0.5) is 5.69 Å². The lowest BCUT2D eigenvalue weighted by Crippen LogP contribution is -2.44. The zero-order valence-electron chi connectivity index (χ0n) is 27.5. The Kier molecular flexibility index (Phi) is 9.80. The maximum atomic E-state index is 14.1. The molecule has 3 aliphatic rings. The van der Waals surface area contributed by atoms with Crippen molar-refractivity contribution < 1.29 is 28.7 Å². The first kappa shape index (κ1) is 33.9. The first-order chi connectivity index (χ1) is 21.7. The van der Waals surface area contributed by atoms with E-state index in [4.69, 9.17) is 14.2 Å². The molecular formula is C36H43BrN2O7. The van der Waals surface area contributed by atoms with Crippen molar-refractivity contribution in [2.24, 2.45) is 10.8 Å². The molecule has 9 nitrogen and oxygen atoms in total. The molecule has 246 valence electrons. The molecule has 0 fully saturated rings. The molecule has 2 aromatic rings. The standard InChI is InChI=1S/C36H43BrN2O7/c1-7-45-30-16-23(15-25(37)34(30)46-21-22-9-11-24(12-10-22)39(42)43)31-32-26(17-35(2,3)19-28(32)40)38(13-8-14-44-6)27-18-36(4,5)20-29(41)33(27)31/h9-12,15-16,31H,7-8,13-14,17-21H2,1-6H3. The van der Waals surface area contributed by atoms with Crippen LogP contribution in [-0.2, 0) is 20.9 Å². The molecule has 10 heteroatoms. The Hall–Kier alpha value is -3.50. The van der Waals surface area contributed by atoms with E-state index in [-0.39, 0.29) is 34.7 Å². The molecule has 2 aromatic carbocycles. The average Bonchev–Trinajstić information content (AvgIpc) is 2.96. The van der Waals surface area contributed by atoms with E-state index in [1.165, 1.54) is 12.1 Å². The summed E-state index contributed by atoms with van der Waals surface area (Å²) in [5.74, 6) is 0.606. The van der Waals surface area contributed by atoms with Crippen LogP contribution in [0, 0.1) is 20.9 Å². The van der Waals surface area contributed by atoms with E-state index in [2.05, 4.69) is 48.5 Å². The molecule has 1 heterocycles. The fraction of sp³-hybridized carbons (Fsp3) is 0.500. The number of allylic oxidation sites excluding steroid dienone is 4. The molecule has 0 atom stereocenters. The van der Waals surface area contributed by atoms with Gasteiger partial charge in [-0.1, -0.05) is 27.7 Å². The highest BCUT2D eigenvalue weighted by atomic mass is 79.9. The van der Waals surface area contributed by atoms with Gasteiger partial charge >= 0.3 is 0 Å². The zero-order chi connectivity index (χ0) is 33.4. The van der Waals surface area contributed by atoms with Crippen LogP contribution in [0.25, 0.3) is 0 Å². The van der Waals surface area contributed by atoms with Gasteiger partial charge in [-0.15, -0.1) is 0 Å². The van der Waals surface area contributed by atoms with Crippen molar-refractivity contribution >= 4 is 33.2 Å². The van der Waals surface area contributed by atoms with Gasteiger partial charge in [0, 0.05) is 73.7 Å². The molecule has 0 amide bonds. The van der Waals surface area contributed by atoms with Crippen molar-refractivity contribution in [3.05, 3.63) is 84.7 Å². The molecule has 0 radical (unpaired) electrons. The van der Waals surface area contributed by atoms with Gasteiger partial charge in [-0.3, -0.25) is 19.7 Å². The van der Waals surface area contributed by atoms with Gasteiger partial charge in [-0.25, -0.2) is 0 Å². The van der Waals surface area contributed by atoms with Gasteiger partial charge in [0.15, 0.2) is 23.1 Å². The maximum Gasteiger partial charge on any atom is 0.269 e. The molecule has 5 rings (SSSR count). The van der Waals surface area contributed by atoms with Crippen LogP contribution < -0.4 is 9.47 Å². The van der Waals surface area contributed by atoms with E-state index in [1.54, 1.807) is 19.2 Å². The Balaban J connectivity index is 1.62. The van der Waals surface area contributed by atoms with Crippen LogP contribution in [0.5, 0.6) is 11.5 Å². The summed E-state index contributed by atoms with van der Waals surface area (Å²) in [7, 11) is 1.69. The molecule has 0 aromatic heterocycles. The molecule has 0 bridgehead atoms. The first-order valence-corrected chi connectivity index (χ1v) is 16.7. The van der Waals surface area contributed by atoms with Crippen molar-refractivity contribution in [2.45, 2.75) is 79.2 Å². The Labute approximate surface area is 279 Å². The summed E-state index contributed by atoms with van der Waals surface area (Å²) in [4.78, 5) is 41.2.